The summed E-state index contributed by atoms with van der Waals surface area (Å²) >= 11 is 0. The number of carbonyl (C=O) groups excluding carboxylic acids is 1. The molecule has 6 nitrogen and oxygen atoms in total. The van der Waals surface area contributed by atoms with Crippen LogP contribution in [0.15, 0.2) is 24.5 Å². The number of rotatable bonds is 3. The Bertz CT molecular complexity index is 562. The van der Waals surface area contributed by atoms with Gasteiger partial charge in [0.15, 0.2) is 0 Å². The number of pyridine rings is 1. The Hall–Kier alpha value is -1.50. The van der Waals surface area contributed by atoms with E-state index >= 15 is 0 Å². The van der Waals surface area contributed by atoms with Gasteiger partial charge in [0, 0.05) is 38.5 Å². The molecule has 0 bridgehead atoms. The Balaban J connectivity index is 1.42. The number of fused-ring (bicyclic) bond motifs is 1. The second kappa shape index (κ2) is 7.17. The zero-order valence-electron chi connectivity index (χ0n) is 13.9. The second-order valence-corrected chi connectivity index (χ2v) is 7.10. The lowest BCUT2D eigenvalue weighted by Gasteiger charge is -2.32. The Morgan fingerprint density at radius 3 is 2.88 bits per heavy atom. The fraction of sp³-hybridized carbons (Fsp3) is 0.667. The van der Waals surface area contributed by atoms with Gasteiger partial charge in [0.2, 0.25) is 5.91 Å². The first-order valence-corrected chi connectivity index (χ1v) is 8.91. The van der Waals surface area contributed by atoms with Crippen LogP contribution in [0.3, 0.4) is 0 Å². The van der Waals surface area contributed by atoms with Gasteiger partial charge in [-0.2, -0.15) is 0 Å². The van der Waals surface area contributed by atoms with E-state index in [2.05, 4.69) is 15.2 Å². The van der Waals surface area contributed by atoms with Gasteiger partial charge in [0.05, 0.1) is 31.0 Å². The number of ether oxygens (including phenoxy) is 2. The molecule has 130 valence electrons. The summed E-state index contributed by atoms with van der Waals surface area (Å²) in [7, 11) is 0. The van der Waals surface area contributed by atoms with Crippen LogP contribution in [0.25, 0.3) is 0 Å². The molecule has 1 aromatic heterocycles. The van der Waals surface area contributed by atoms with E-state index in [1.807, 2.05) is 12.1 Å². The Labute approximate surface area is 142 Å². The van der Waals surface area contributed by atoms with Crippen molar-refractivity contribution in [1.82, 2.24) is 9.88 Å². The first-order valence-electron chi connectivity index (χ1n) is 8.91. The van der Waals surface area contributed by atoms with Crippen molar-refractivity contribution in [2.24, 2.45) is 17.8 Å². The fourth-order valence-corrected chi connectivity index (χ4v) is 4.32. The molecule has 6 heteroatoms. The third-order valence-corrected chi connectivity index (χ3v) is 5.64. The molecule has 3 aliphatic rings. The summed E-state index contributed by atoms with van der Waals surface area (Å²) in [4.78, 5) is 19.4. The van der Waals surface area contributed by atoms with E-state index in [0.29, 0.717) is 24.5 Å². The number of likely N-dealkylation sites (tertiary alicyclic amines) is 1. The van der Waals surface area contributed by atoms with Crippen LogP contribution in [0.2, 0.25) is 0 Å². The van der Waals surface area contributed by atoms with Crippen molar-refractivity contribution in [2.45, 2.75) is 18.9 Å². The van der Waals surface area contributed by atoms with E-state index in [1.165, 1.54) is 0 Å². The number of hydrogen-bond acceptors (Lipinski definition) is 5. The van der Waals surface area contributed by atoms with Gasteiger partial charge in [0.1, 0.15) is 0 Å². The molecule has 3 saturated heterocycles. The molecule has 1 aromatic rings. The Morgan fingerprint density at radius 1 is 1.21 bits per heavy atom. The van der Waals surface area contributed by atoms with Gasteiger partial charge in [-0.3, -0.25) is 14.7 Å². The lowest BCUT2D eigenvalue weighted by atomic mass is 9.82. The standard InChI is InChI=1S/C18H25N3O3/c22-18(20-14-2-1-5-19-8-14)17-12-24-11-13-9-21(10-16(13)17)15-3-6-23-7-4-15/h1-2,5,8,13,15-17H,3-4,6-7,9-12H2,(H,20,22)/t13-,16-,17+/m1/s1. The summed E-state index contributed by atoms with van der Waals surface area (Å²) < 4.78 is 11.2. The van der Waals surface area contributed by atoms with Crippen LogP contribution in [-0.2, 0) is 14.3 Å². The topological polar surface area (TPSA) is 63.7 Å². The van der Waals surface area contributed by atoms with Crippen LogP contribution in [0, 0.1) is 17.8 Å². The first kappa shape index (κ1) is 16.0. The molecule has 0 aromatic carbocycles. The van der Waals surface area contributed by atoms with Crippen LogP contribution < -0.4 is 5.32 Å². The molecule has 4 heterocycles. The highest BCUT2D eigenvalue weighted by atomic mass is 16.5. The predicted molar refractivity (Wildman–Crippen MR) is 89.6 cm³/mol. The maximum absolute atomic E-state index is 12.7. The van der Waals surface area contributed by atoms with Crippen LogP contribution in [0.5, 0.6) is 0 Å². The summed E-state index contributed by atoms with van der Waals surface area (Å²) in [6.45, 7) is 5.07. The van der Waals surface area contributed by atoms with Crippen LogP contribution in [0.4, 0.5) is 5.69 Å². The minimum absolute atomic E-state index is 0.0616. The van der Waals surface area contributed by atoms with Gasteiger partial charge in [0.25, 0.3) is 0 Å². The van der Waals surface area contributed by atoms with Crippen LogP contribution >= 0.6 is 0 Å². The van der Waals surface area contributed by atoms with Crippen LogP contribution in [0.1, 0.15) is 12.8 Å². The number of hydrogen-bond donors (Lipinski definition) is 1. The first-order chi connectivity index (χ1) is 11.8. The SMILES string of the molecule is O=C(Nc1cccnc1)[C@H]1COC[C@H]2CN(C3CCOCC3)C[C@H]21. The van der Waals surface area contributed by atoms with E-state index in [0.717, 1.165) is 51.4 Å². The van der Waals surface area contributed by atoms with Crippen molar-refractivity contribution in [3.8, 4) is 0 Å². The highest BCUT2D eigenvalue weighted by molar-refractivity contribution is 5.92. The van der Waals surface area contributed by atoms with E-state index in [9.17, 15) is 4.79 Å². The Morgan fingerprint density at radius 2 is 2.08 bits per heavy atom. The van der Waals surface area contributed by atoms with Gasteiger partial charge in [-0.25, -0.2) is 0 Å². The highest BCUT2D eigenvalue weighted by Crippen LogP contribution is 2.36. The second-order valence-electron chi connectivity index (χ2n) is 7.10. The van der Waals surface area contributed by atoms with E-state index in [1.54, 1.807) is 12.4 Å². The third kappa shape index (κ3) is 3.31. The van der Waals surface area contributed by atoms with Gasteiger partial charge in [-0.1, -0.05) is 0 Å². The Kier molecular flexibility index (Phi) is 4.78. The molecule has 3 atom stereocenters. The zero-order chi connectivity index (χ0) is 16.4. The minimum atomic E-state index is -0.0752. The molecule has 0 radical (unpaired) electrons. The van der Waals surface area contributed by atoms with Crippen molar-refractivity contribution in [3.05, 3.63) is 24.5 Å². The summed E-state index contributed by atoms with van der Waals surface area (Å²) in [5.74, 6) is 0.838. The number of amides is 1. The summed E-state index contributed by atoms with van der Waals surface area (Å²) in [6, 6.07) is 4.30. The minimum Gasteiger partial charge on any atom is -0.381 e. The largest absolute Gasteiger partial charge is 0.381 e. The maximum atomic E-state index is 12.7. The van der Waals surface area contributed by atoms with Crippen molar-refractivity contribution in [1.29, 1.82) is 0 Å². The number of carbonyl (C=O) groups is 1. The summed E-state index contributed by atoms with van der Waals surface area (Å²) in [6.07, 6.45) is 5.60. The average molecular weight is 331 g/mol. The van der Waals surface area contributed by atoms with Crippen LogP contribution in [-0.4, -0.2) is 61.3 Å². The molecule has 1 amide bonds. The molecule has 3 fully saturated rings. The number of nitrogens with one attached hydrogen (secondary N) is 1. The number of nitrogens with zero attached hydrogens (tertiary/aromatic N) is 2. The van der Waals surface area contributed by atoms with Gasteiger partial charge >= 0.3 is 0 Å². The molecule has 1 N–H and O–H groups in total. The average Bonchev–Trinajstić information content (AvgIpc) is 3.07. The van der Waals surface area contributed by atoms with Gasteiger partial charge in [-0.05, 0) is 36.8 Å². The highest BCUT2D eigenvalue weighted by Gasteiger charge is 2.45. The van der Waals surface area contributed by atoms with E-state index in [4.69, 9.17) is 9.47 Å². The molecule has 0 spiro atoms. The van der Waals surface area contributed by atoms with E-state index < -0.39 is 0 Å². The smallest absolute Gasteiger partial charge is 0.230 e. The number of aromatic nitrogens is 1. The molecule has 0 unspecified atom stereocenters. The van der Waals surface area contributed by atoms with Crippen molar-refractivity contribution < 1.29 is 14.3 Å². The van der Waals surface area contributed by atoms with Crippen molar-refractivity contribution >= 4 is 11.6 Å². The fourth-order valence-electron chi connectivity index (χ4n) is 4.32. The number of anilines is 1. The van der Waals surface area contributed by atoms with E-state index in [-0.39, 0.29) is 11.8 Å². The predicted octanol–water partition coefficient (Wildman–Crippen LogP) is 1.39. The maximum Gasteiger partial charge on any atom is 0.230 e. The molecule has 3 aliphatic heterocycles. The van der Waals surface area contributed by atoms with Gasteiger partial charge < -0.3 is 14.8 Å². The normalized spacial score (nSPS) is 31.6. The van der Waals surface area contributed by atoms with Crippen molar-refractivity contribution in [2.75, 3.05) is 44.8 Å². The third-order valence-electron chi connectivity index (χ3n) is 5.64. The molecule has 24 heavy (non-hydrogen) atoms. The summed E-state index contributed by atoms with van der Waals surface area (Å²) in [5.41, 5.74) is 0.754. The van der Waals surface area contributed by atoms with Crippen molar-refractivity contribution in [3.63, 3.8) is 0 Å². The monoisotopic (exact) mass is 331 g/mol. The zero-order valence-corrected chi connectivity index (χ0v) is 13.9. The molecule has 0 saturated carbocycles. The quantitative estimate of drug-likeness (QED) is 0.907. The molecular weight excluding hydrogens is 306 g/mol. The molecular formula is C18H25N3O3. The summed E-state index contributed by atoms with van der Waals surface area (Å²) in [5, 5.41) is 3.00. The lowest BCUT2D eigenvalue weighted by molar-refractivity contribution is -0.128. The van der Waals surface area contributed by atoms with Gasteiger partial charge in [-0.15, -0.1) is 0 Å². The molecule has 4 rings (SSSR count). The lowest BCUT2D eigenvalue weighted by Crippen LogP contribution is -2.42. The molecule has 0 aliphatic carbocycles.